The number of allylic oxidation sites excluding steroid dienone is 2. The number of hydrogen-bond donors (Lipinski definition) is 0. The van der Waals surface area contributed by atoms with E-state index in [1.165, 1.54) is 54.3 Å². The minimum Gasteiger partial charge on any atom is -0.358 e. The molecule has 9 heteroatoms. The van der Waals surface area contributed by atoms with Crippen molar-refractivity contribution in [2.45, 2.75) is 111 Å². The van der Waals surface area contributed by atoms with Gasteiger partial charge in [0.25, 0.3) is 0 Å². The Labute approximate surface area is 301 Å². The van der Waals surface area contributed by atoms with Gasteiger partial charge < -0.3 is 14.9 Å². The topological polar surface area (TPSA) is 0 Å². The third kappa shape index (κ3) is 9.71. The van der Waals surface area contributed by atoms with Crippen molar-refractivity contribution in [3.05, 3.63) is 95.3 Å². The molecule has 0 saturated heterocycles. The first-order valence-electron chi connectivity index (χ1n) is 15.1. The molecule has 0 heterocycles. The zero-order valence-corrected chi connectivity index (χ0v) is 33.6. The molecule has 0 aliphatic heterocycles. The van der Waals surface area contributed by atoms with E-state index in [0.717, 1.165) is 0 Å². The van der Waals surface area contributed by atoms with Crippen LogP contribution >= 0.6 is 0 Å². The monoisotopic (exact) mass is 748 g/mol. The minimum absolute atomic E-state index is 0. The number of fused-ring (bicyclic) bond motifs is 2. The molecule has 4 rings (SSSR count). The standard InChI is InChI=1S/C20H22BF6Si.C16H21.2CH3.Zr/c1-9(2)14-15-13(18(21)11(4)16(15)19(22,23)24)7-12(10(3)8-28(5)6)17(14)20(25,26)27;1-10(2)13-8-14-6-12(5)7-16(14)15(9-13)11(3)4;;;/h7-10H,1-6H3;6-11H,1-5H3;2*1H3;/q;3*-1;+3. The average Bonchev–Trinajstić information content (AvgIpc) is 3.36. The van der Waals surface area contributed by atoms with Crippen molar-refractivity contribution in [1.29, 1.82) is 0 Å². The van der Waals surface area contributed by atoms with Crippen LogP contribution in [0.15, 0.2) is 35.9 Å². The molecule has 0 amide bonds. The predicted molar refractivity (Wildman–Crippen MR) is 191 cm³/mol. The van der Waals surface area contributed by atoms with Gasteiger partial charge in [-0.2, -0.15) is 6.07 Å². The molecule has 2 radical (unpaired) electrons. The van der Waals surface area contributed by atoms with E-state index in [9.17, 15) is 26.3 Å². The van der Waals surface area contributed by atoms with E-state index in [-0.39, 0.29) is 68.8 Å². The SMILES string of the molecule is Cc1cc2c(C(C)C)cc(C(C)C)cc2[cH-]1.[B]=C1C(C)=C(C(F)(F)F)c2c1cc(C(C)C=[Si](C)C)c(C(F)(F)F)c2C(C)C.[CH3-].[CH3-].[Zr+3]. The molecular weight excluding hydrogens is 701 g/mol. The Morgan fingerprint density at radius 1 is 0.766 bits per heavy atom. The normalized spacial score (nSPS) is 13.6. The summed E-state index contributed by atoms with van der Waals surface area (Å²) in [7, 11) is 4.98. The Kier molecular flexibility index (Phi) is 16.2. The van der Waals surface area contributed by atoms with E-state index in [0.29, 0.717) is 11.8 Å². The van der Waals surface area contributed by atoms with Gasteiger partial charge in [0.05, 0.1) is 0 Å². The van der Waals surface area contributed by atoms with Crippen LogP contribution in [0.25, 0.3) is 16.3 Å². The first kappa shape index (κ1) is 45.3. The van der Waals surface area contributed by atoms with E-state index in [4.69, 9.17) is 7.49 Å². The maximum atomic E-state index is 14.1. The van der Waals surface area contributed by atoms with Gasteiger partial charge in [0.2, 0.25) is 0 Å². The van der Waals surface area contributed by atoms with Gasteiger partial charge in [-0.15, -0.1) is 28.5 Å². The minimum atomic E-state index is -4.80. The molecule has 0 bridgehead atoms. The van der Waals surface area contributed by atoms with E-state index >= 15 is 0 Å². The quantitative estimate of drug-likeness (QED) is 0.138. The molecule has 3 aromatic carbocycles. The molecule has 1 atom stereocenters. The maximum Gasteiger partial charge on any atom is 3.00 e. The van der Waals surface area contributed by atoms with Crippen LogP contribution in [-0.4, -0.2) is 33.2 Å². The first-order chi connectivity index (χ1) is 20.1. The summed E-state index contributed by atoms with van der Waals surface area (Å²) >= 11 is 0. The molecule has 1 aliphatic rings. The van der Waals surface area contributed by atoms with Gasteiger partial charge in [0, 0.05) is 0 Å². The molecule has 254 valence electrons. The third-order valence-electron chi connectivity index (χ3n) is 8.24. The van der Waals surface area contributed by atoms with Crippen molar-refractivity contribution in [2.24, 2.45) is 0 Å². The molecular formula is C38H49BF6SiZr. The number of aryl methyl sites for hydroxylation is 1. The summed E-state index contributed by atoms with van der Waals surface area (Å²) in [4.78, 5) is 0. The molecule has 0 fully saturated rings. The van der Waals surface area contributed by atoms with Crippen LogP contribution in [0.1, 0.15) is 124 Å². The second-order valence-corrected chi connectivity index (χ2v) is 15.7. The van der Waals surface area contributed by atoms with Gasteiger partial charge in [-0.05, 0) is 11.8 Å². The molecule has 0 N–H and O–H groups in total. The van der Waals surface area contributed by atoms with Crippen LogP contribution < -0.4 is 0 Å². The van der Waals surface area contributed by atoms with E-state index in [2.05, 4.69) is 58.9 Å². The van der Waals surface area contributed by atoms with E-state index in [1.807, 2.05) is 18.8 Å². The molecule has 47 heavy (non-hydrogen) atoms. The fourth-order valence-electron chi connectivity index (χ4n) is 6.26. The Hall–Kier alpha value is -1.73. The molecule has 0 saturated carbocycles. The van der Waals surface area contributed by atoms with Crippen LogP contribution in [0.3, 0.4) is 0 Å². The average molecular weight is 750 g/mol. The third-order valence-corrected chi connectivity index (χ3v) is 9.41. The fraction of sp³-hybridized carbons (Fsp3) is 0.447. The van der Waals surface area contributed by atoms with Crippen LogP contribution in [-0.2, 0) is 32.4 Å². The summed E-state index contributed by atoms with van der Waals surface area (Å²) in [6.07, 6.45) is -9.57. The molecule has 0 aromatic heterocycles. The number of alkyl halides is 6. The van der Waals surface area contributed by atoms with Crippen LogP contribution in [0.4, 0.5) is 26.3 Å². The van der Waals surface area contributed by atoms with Crippen molar-refractivity contribution in [3.8, 4) is 0 Å². The molecule has 3 aromatic rings. The van der Waals surface area contributed by atoms with Gasteiger partial charge in [0.15, 0.2) is 0 Å². The molecule has 0 spiro atoms. The Bertz CT molecular complexity index is 1630. The maximum absolute atomic E-state index is 14.1. The second-order valence-electron chi connectivity index (χ2n) is 13.2. The summed E-state index contributed by atoms with van der Waals surface area (Å²) in [6, 6.07) is 10.6. The molecule has 1 unspecified atom stereocenters. The zero-order valence-electron chi connectivity index (χ0n) is 30.1. The first-order valence-corrected chi connectivity index (χ1v) is 17.7. The van der Waals surface area contributed by atoms with Crippen molar-refractivity contribution in [2.75, 3.05) is 0 Å². The summed E-state index contributed by atoms with van der Waals surface area (Å²) in [5, 5.41) is 2.85. The van der Waals surface area contributed by atoms with Crippen molar-refractivity contribution in [1.82, 2.24) is 0 Å². The van der Waals surface area contributed by atoms with Crippen molar-refractivity contribution < 1.29 is 52.5 Å². The zero-order chi connectivity index (χ0) is 33.6. The second kappa shape index (κ2) is 16.8. The fourth-order valence-corrected chi connectivity index (χ4v) is 7.44. The largest absolute Gasteiger partial charge is 3.00 e. The number of hydrogen-bond acceptors (Lipinski definition) is 0. The summed E-state index contributed by atoms with van der Waals surface area (Å²) in [5.74, 6) is -0.104. The van der Waals surface area contributed by atoms with E-state index < -0.39 is 49.3 Å². The Morgan fingerprint density at radius 2 is 1.32 bits per heavy atom. The summed E-state index contributed by atoms with van der Waals surface area (Å²) in [5.41, 5.74) is 3.12. The smallest absolute Gasteiger partial charge is 0.358 e. The number of halogens is 6. The van der Waals surface area contributed by atoms with Gasteiger partial charge in [-0.25, -0.2) is 0 Å². The van der Waals surface area contributed by atoms with Crippen LogP contribution in [0, 0.1) is 21.8 Å². The number of benzene rings is 2. The van der Waals surface area contributed by atoms with Crippen molar-refractivity contribution in [3.63, 3.8) is 0 Å². The Balaban J connectivity index is 0.000000954. The van der Waals surface area contributed by atoms with Gasteiger partial charge in [-0.1, -0.05) is 51.8 Å². The Morgan fingerprint density at radius 3 is 1.74 bits per heavy atom. The van der Waals surface area contributed by atoms with Crippen LogP contribution in [0.2, 0.25) is 13.1 Å². The van der Waals surface area contributed by atoms with Gasteiger partial charge in [-0.3, -0.25) is 0 Å². The van der Waals surface area contributed by atoms with Gasteiger partial charge in [0.1, 0.15) is 0 Å². The van der Waals surface area contributed by atoms with E-state index in [1.54, 1.807) is 6.92 Å². The molecule has 0 nitrogen and oxygen atoms in total. The summed E-state index contributed by atoms with van der Waals surface area (Å²) < 4.78 is 83.6. The molecule has 1 aliphatic carbocycles. The predicted octanol–water partition coefficient (Wildman–Crippen LogP) is 12.1. The van der Waals surface area contributed by atoms with Gasteiger partial charge >= 0.3 is 190 Å². The van der Waals surface area contributed by atoms with Crippen LogP contribution in [0.5, 0.6) is 0 Å². The number of rotatable bonds is 5. The van der Waals surface area contributed by atoms with Crippen molar-refractivity contribution >= 4 is 43.4 Å². The summed E-state index contributed by atoms with van der Waals surface area (Å²) in [6.45, 7) is 21.0.